The summed E-state index contributed by atoms with van der Waals surface area (Å²) in [4.78, 5) is 9.94. The molecule has 3 aromatic rings. The Hall–Kier alpha value is -2.20. The standard InChI is InChI=1S/C24H29F2N5.HI/c1-27-24(28-11-8-18-15-29-23-7-6-20(26)14-22(18)23)30-21-9-12-31(13-10-21)16-17-2-4-19(25)5-3-17;/h2-7,14-15,21,29H,8-13,16H2,1H3,(H2,27,28,30);1H. The summed E-state index contributed by atoms with van der Waals surface area (Å²) in [5, 5.41) is 7.82. The predicted octanol–water partition coefficient (Wildman–Crippen LogP) is 4.44. The van der Waals surface area contributed by atoms with E-state index < -0.39 is 0 Å². The summed E-state index contributed by atoms with van der Waals surface area (Å²) < 4.78 is 26.6. The maximum Gasteiger partial charge on any atom is 0.191 e. The molecule has 1 aromatic heterocycles. The van der Waals surface area contributed by atoms with E-state index in [1.165, 1.54) is 18.2 Å². The molecule has 0 amide bonds. The third kappa shape index (κ3) is 6.41. The average molecular weight is 553 g/mol. The molecule has 4 rings (SSSR count). The fraction of sp³-hybridized carbons (Fsp3) is 0.375. The van der Waals surface area contributed by atoms with Crippen LogP contribution < -0.4 is 10.6 Å². The SMILES string of the molecule is CN=C(NCCc1c[nH]c2ccc(F)cc12)NC1CCN(Cc2ccc(F)cc2)CC1.I. The summed E-state index contributed by atoms with van der Waals surface area (Å²) >= 11 is 0. The van der Waals surface area contributed by atoms with Gasteiger partial charge in [-0.1, -0.05) is 12.1 Å². The van der Waals surface area contributed by atoms with Crippen molar-refractivity contribution in [1.29, 1.82) is 0 Å². The first-order valence-corrected chi connectivity index (χ1v) is 10.8. The molecule has 2 aromatic carbocycles. The number of nitrogens with one attached hydrogen (secondary N) is 3. The molecule has 5 nitrogen and oxygen atoms in total. The first-order chi connectivity index (χ1) is 15.1. The van der Waals surface area contributed by atoms with Crippen molar-refractivity contribution in [1.82, 2.24) is 20.5 Å². The van der Waals surface area contributed by atoms with E-state index in [4.69, 9.17) is 0 Å². The van der Waals surface area contributed by atoms with E-state index in [1.54, 1.807) is 19.2 Å². The molecule has 1 aliphatic rings. The van der Waals surface area contributed by atoms with Crippen LogP contribution >= 0.6 is 24.0 Å². The number of guanidine groups is 1. The third-order valence-electron chi connectivity index (χ3n) is 5.89. The predicted molar refractivity (Wildman–Crippen MR) is 137 cm³/mol. The van der Waals surface area contributed by atoms with E-state index in [0.717, 1.165) is 66.9 Å². The number of fused-ring (bicyclic) bond motifs is 1. The number of likely N-dealkylation sites (tertiary alicyclic amines) is 1. The van der Waals surface area contributed by atoms with Crippen LogP contribution in [0.25, 0.3) is 10.9 Å². The molecule has 0 unspecified atom stereocenters. The van der Waals surface area contributed by atoms with Crippen LogP contribution in [0.3, 0.4) is 0 Å². The lowest BCUT2D eigenvalue weighted by molar-refractivity contribution is 0.198. The van der Waals surface area contributed by atoms with Crippen molar-refractivity contribution in [3.63, 3.8) is 0 Å². The highest BCUT2D eigenvalue weighted by atomic mass is 127. The van der Waals surface area contributed by atoms with Crippen molar-refractivity contribution in [3.8, 4) is 0 Å². The third-order valence-corrected chi connectivity index (χ3v) is 5.89. The zero-order valence-electron chi connectivity index (χ0n) is 18.2. The summed E-state index contributed by atoms with van der Waals surface area (Å²) in [6.45, 7) is 3.55. The number of halogens is 3. The second-order valence-corrected chi connectivity index (χ2v) is 8.07. The van der Waals surface area contributed by atoms with Gasteiger partial charge in [-0.15, -0.1) is 24.0 Å². The molecule has 172 valence electrons. The van der Waals surface area contributed by atoms with Gasteiger partial charge in [-0.3, -0.25) is 9.89 Å². The number of aliphatic imine (C=N–C) groups is 1. The van der Waals surface area contributed by atoms with Gasteiger partial charge in [-0.05, 0) is 60.7 Å². The van der Waals surface area contributed by atoms with Gasteiger partial charge >= 0.3 is 0 Å². The van der Waals surface area contributed by atoms with E-state index in [2.05, 4.69) is 25.5 Å². The summed E-state index contributed by atoms with van der Waals surface area (Å²) in [6, 6.07) is 11.9. The van der Waals surface area contributed by atoms with Crippen molar-refractivity contribution in [3.05, 3.63) is 71.4 Å². The molecule has 1 fully saturated rings. The quantitative estimate of drug-likeness (QED) is 0.241. The van der Waals surface area contributed by atoms with Gasteiger partial charge in [0.25, 0.3) is 0 Å². The normalized spacial score (nSPS) is 15.5. The number of piperidine rings is 1. The van der Waals surface area contributed by atoms with Gasteiger partial charge in [0.05, 0.1) is 0 Å². The van der Waals surface area contributed by atoms with Gasteiger partial charge in [0.2, 0.25) is 0 Å². The zero-order chi connectivity index (χ0) is 21.6. The molecular formula is C24H30F2IN5. The number of aromatic nitrogens is 1. The van der Waals surface area contributed by atoms with Crippen LogP contribution in [0.4, 0.5) is 8.78 Å². The molecule has 2 heterocycles. The zero-order valence-corrected chi connectivity index (χ0v) is 20.5. The second kappa shape index (κ2) is 11.6. The molecule has 0 radical (unpaired) electrons. The Balaban J connectivity index is 0.00000289. The van der Waals surface area contributed by atoms with Gasteiger partial charge in [-0.25, -0.2) is 8.78 Å². The Morgan fingerprint density at radius 2 is 1.81 bits per heavy atom. The van der Waals surface area contributed by atoms with Crippen molar-refractivity contribution >= 4 is 40.8 Å². The molecule has 1 saturated heterocycles. The highest BCUT2D eigenvalue weighted by Gasteiger charge is 2.20. The van der Waals surface area contributed by atoms with E-state index in [0.29, 0.717) is 12.6 Å². The second-order valence-electron chi connectivity index (χ2n) is 8.07. The van der Waals surface area contributed by atoms with Crippen LogP contribution in [0, 0.1) is 11.6 Å². The minimum atomic E-state index is -0.218. The number of hydrogen-bond donors (Lipinski definition) is 3. The molecule has 0 saturated carbocycles. The summed E-state index contributed by atoms with van der Waals surface area (Å²) in [6.07, 6.45) is 4.78. The van der Waals surface area contributed by atoms with Crippen LogP contribution in [-0.2, 0) is 13.0 Å². The van der Waals surface area contributed by atoms with Gasteiger partial charge in [0, 0.05) is 56.4 Å². The van der Waals surface area contributed by atoms with Gasteiger partial charge in [0.1, 0.15) is 11.6 Å². The lowest BCUT2D eigenvalue weighted by Gasteiger charge is -2.33. The summed E-state index contributed by atoms with van der Waals surface area (Å²) in [5.41, 5.74) is 3.18. The first-order valence-electron chi connectivity index (χ1n) is 10.8. The number of aromatic amines is 1. The van der Waals surface area contributed by atoms with Gasteiger partial charge in [0.15, 0.2) is 5.96 Å². The number of nitrogens with zero attached hydrogens (tertiary/aromatic N) is 2. The maximum absolute atomic E-state index is 13.5. The number of rotatable bonds is 6. The topological polar surface area (TPSA) is 55.5 Å². The molecule has 1 aliphatic heterocycles. The van der Waals surface area contributed by atoms with E-state index in [9.17, 15) is 8.78 Å². The van der Waals surface area contributed by atoms with E-state index in [-0.39, 0.29) is 35.6 Å². The van der Waals surface area contributed by atoms with Gasteiger partial charge in [-0.2, -0.15) is 0 Å². The minimum absolute atomic E-state index is 0. The van der Waals surface area contributed by atoms with Crippen molar-refractivity contribution in [2.45, 2.75) is 31.8 Å². The monoisotopic (exact) mass is 553 g/mol. The van der Waals surface area contributed by atoms with Crippen molar-refractivity contribution in [2.24, 2.45) is 4.99 Å². The Morgan fingerprint density at radius 1 is 1.09 bits per heavy atom. The summed E-state index contributed by atoms with van der Waals surface area (Å²) in [5.74, 6) is 0.384. The number of hydrogen-bond acceptors (Lipinski definition) is 2. The molecular weight excluding hydrogens is 523 g/mol. The van der Waals surface area contributed by atoms with Crippen molar-refractivity contribution < 1.29 is 8.78 Å². The Labute approximate surface area is 204 Å². The molecule has 0 spiro atoms. The largest absolute Gasteiger partial charge is 0.361 e. The highest BCUT2D eigenvalue weighted by Crippen LogP contribution is 2.19. The average Bonchev–Trinajstić information content (AvgIpc) is 3.18. The van der Waals surface area contributed by atoms with Crippen LogP contribution in [0.15, 0.2) is 53.7 Å². The summed E-state index contributed by atoms with van der Waals surface area (Å²) in [7, 11) is 1.78. The fourth-order valence-electron chi connectivity index (χ4n) is 4.14. The number of H-pyrrole nitrogens is 1. The Morgan fingerprint density at radius 3 is 2.53 bits per heavy atom. The lowest BCUT2D eigenvalue weighted by Crippen LogP contribution is -2.48. The molecule has 8 heteroatoms. The minimum Gasteiger partial charge on any atom is -0.361 e. The molecule has 32 heavy (non-hydrogen) atoms. The first kappa shape index (κ1) is 24.4. The Bertz CT molecular complexity index is 1030. The molecule has 0 atom stereocenters. The van der Waals surface area contributed by atoms with Crippen molar-refractivity contribution in [2.75, 3.05) is 26.7 Å². The van der Waals surface area contributed by atoms with Gasteiger partial charge < -0.3 is 15.6 Å². The van der Waals surface area contributed by atoms with E-state index >= 15 is 0 Å². The van der Waals surface area contributed by atoms with Crippen LogP contribution in [0.2, 0.25) is 0 Å². The fourth-order valence-corrected chi connectivity index (χ4v) is 4.14. The van der Waals surface area contributed by atoms with Crippen LogP contribution in [0.5, 0.6) is 0 Å². The molecule has 0 bridgehead atoms. The van der Waals surface area contributed by atoms with E-state index in [1.807, 2.05) is 18.3 Å². The smallest absolute Gasteiger partial charge is 0.191 e. The highest BCUT2D eigenvalue weighted by molar-refractivity contribution is 14.0. The van der Waals surface area contributed by atoms with Crippen LogP contribution in [-0.4, -0.2) is 48.6 Å². The lowest BCUT2D eigenvalue weighted by atomic mass is 10.0. The Kier molecular flexibility index (Phi) is 8.86. The van der Waals surface area contributed by atoms with Crippen LogP contribution in [0.1, 0.15) is 24.0 Å². The molecule has 0 aliphatic carbocycles. The maximum atomic E-state index is 13.5. The number of benzene rings is 2. The molecule has 3 N–H and O–H groups in total.